The molecule has 0 aromatic heterocycles. The molecule has 3 aromatic rings. The van der Waals surface area contributed by atoms with Crippen molar-refractivity contribution in [1.82, 2.24) is 0 Å². The number of rotatable bonds is 7. The molecule has 0 fully saturated rings. The molecule has 3 rings (SSSR count). The first kappa shape index (κ1) is 21.5. The second kappa shape index (κ2) is 9.50. The van der Waals surface area contributed by atoms with Crippen LogP contribution in [0.1, 0.15) is 28.4 Å². The zero-order chi connectivity index (χ0) is 21.7. The highest BCUT2D eigenvalue weighted by Crippen LogP contribution is 2.31. The number of nitrogens with two attached hydrogens (primary N) is 1. The molecular weight excluding hydrogens is 394 g/mol. The Morgan fingerprint density at radius 1 is 0.900 bits per heavy atom. The zero-order valence-corrected chi connectivity index (χ0v) is 18.0. The predicted octanol–water partition coefficient (Wildman–Crippen LogP) is 4.99. The van der Waals surface area contributed by atoms with Crippen molar-refractivity contribution in [3.05, 3.63) is 83.4 Å². The van der Waals surface area contributed by atoms with Crippen molar-refractivity contribution < 1.29 is 9.59 Å². The molecule has 4 N–H and O–H groups in total. The summed E-state index contributed by atoms with van der Waals surface area (Å²) >= 11 is 1.72. The van der Waals surface area contributed by atoms with Gasteiger partial charge in [0.05, 0.1) is 0 Å². The molecular formula is C24H25N3O2S. The van der Waals surface area contributed by atoms with Gasteiger partial charge in [-0.05, 0) is 80.9 Å². The zero-order valence-electron chi connectivity index (χ0n) is 17.2. The number of benzene rings is 3. The van der Waals surface area contributed by atoms with Crippen LogP contribution in [-0.4, -0.2) is 17.9 Å². The van der Waals surface area contributed by atoms with E-state index >= 15 is 0 Å². The quantitative estimate of drug-likeness (QED) is 0.504. The summed E-state index contributed by atoms with van der Waals surface area (Å²) in [6, 6.07) is 20.5. The van der Waals surface area contributed by atoms with Gasteiger partial charge in [0.2, 0.25) is 11.8 Å². The Hall–Kier alpha value is -3.25. The van der Waals surface area contributed by atoms with Crippen LogP contribution in [-0.2, 0) is 4.79 Å². The average Bonchev–Trinajstić information content (AvgIpc) is 2.71. The summed E-state index contributed by atoms with van der Waals surface area (Å²) < 4.78 is 0. The number of carbonyl (C=O) groups excluding carboxylic acids is 2. The Labute approximate surface area is 181 Å². The molecule has 2 amide bonds. The van der Waals surface area contributed by atoms with Crippen molar-refractivity contribution in [2.75, 3.05) is 10.6 Å². The lowest BCUT2D eigenvalue weighted by Crippen LogP contribution is -2.31. The lowest BCUT2D eigenvalue weighted by atomic mass is 10.2. The van der Waals surface area contributed by atoms with E-state index in [1.54, 1.807) is 43.0 Å². The Bertz CT molecular complexity index is 1050. The van der Waals surface area contributed by atoms with E-state index < -0.39 is 11.9 Å². The molecule has 6 heteroatoms. The van der Waals surface area contributed by atoms with Gasteiger partial charge in [0, 0.05) is 26.7 Å². The highest BCUT2D eigenvalue weighted by atomic mass is 32.2. The van der Waals surface area contributed by atoms with Gasteiger partial charge in [-0.25, -0.2) is 0 Å². The van der Waals surface area contributed by atoms with Gasteiger partial charge < -0.3 is 16.4 Å². The maximum Gasteiger partial charge on any atom is 0.248 e. The number of amides is 2. The Balaban J connectivity index is 1.57. The molecule has 0 aliphatic heterocycles. The molecule has 0 spiro atoms. The van der Waals surface area contributed by atoms with Gasteiger partial charge in [-0.15, -0.1) is 0 Å². The van der Waals surface area contributed by atoms with Crippen molar-refractivity contribution >= 4 is 35.0 Å². The van der Waals surface area contributed by atoms with Gasteiger partial charge in [-0.1, -0.05) is 29.5 Å². The molecule has 0 aliphatic carbocycles. The van der Waals surface area contributed by atoms with Crippen LogP contribution in [0.5, 0.6) is 0 Å². The minimum Gasteiger partial charge on any atom is -0.374 e. The van der Waals surface area contributed by atoms with Crippen LogP contribution in [0.15, 0.2) is 76.5 Å². The smallest absolute Gasteiger partial charge is 0.248 e. The van der Waals surface area contributed by atoms with E-state index in [2.05, 4.69) is 42.7 Å². The molecule has 30 heavy (non-hydrogen) atoms. The summed E-state index contributed by atoms with van der Waals surface area (Å²) in [5, 5.41) is 6.03. The van der Waals surface area contributed by atoms with Crippen LogP contribution in [0.4, 0.5) is 11.4 Å². The van der Waals surface area contributed by atoms with E-state index in [-0.39, 0.29) is 5.91 Å². The van der Waals surface area contributed by atoms with Crippen LogP contribution >= 0.6 is 11.8 Å². The number of anilines is 2. The van der Waals surface area contributed by atoms with Crippen LogP contribution in [0.3, 0.4) is 0 Å². The monoisotopic (exact) mass is 419 g/mol. The van der Waals surface area contributed by atoms with Gasteiger partial charge in [-0.2, -0.15) is 0 Å². The van der Waals surface area contributed by atoms with E-state index in [0.29, 0.717) is 11.3 Å². The van der Waals surface area contributed by atoms with Crippen molar-refractivity contribution in [2.45, 2.75) is 36.6 Å². The minimum atomic E-state index is -0.498. The third-order valence-electron chi connectivity index (χ3n) is 4.63. The maximum absolute atomic E-state index is 12.4. The van der Waals surface area contributed by atoms with Crippen LogP contribution in [0.25, 0.3) is 0 Å². The fourth-order valence-corrected chi connectivity index (χ4v) is 3.83. The summed E-state index contributed by atoms with van der Waals surface area (Å²) in [7, 11) is 0. The average molecular weight is 420 g/mol. The lowest BCUT2D eigenvalue weighted by Gasteiger charge is -2.16. The number of aryl methyl sites for hydroxylation is 2. The third-order valence-corrected chi connectivity index (χ3v) is 5.81. The van der Waals surface area contributed by atoms with E-state index in [4.69, 9.17) is 5.73 Å². The highest BCUT2D eigenvalue weighted by molar-refractivity contribution is 7.99. The first-order valence-corrected chi connectivity index (χ1v) is 10.5. The van der Waals surface area contributed by atoms with Crippen molar-refractivity contribution in [2.24, 2.45) is 5.73 Å². The molecule has 0 unspecified atom stereocenters. The topological polar surface area (TPSA) is 84.2 Å². The molecule has 0 heterocycles. The molecule has 0 radical (unpaired) electrons. The second-order valence-corrected chi connectivity index (χ2v) is 8.31. The normalized spacial score (nSPS) is 11.6. The molecule has 0 aliphatic rings. The largest absolute Gasteiger partial charge is 0.374 e. The number of carbonyl (C=O) groups is 2. The van der Waals surface area contributed by atoms with Crippen molar-refractivity contribution in [3.8, 4) is 0 Å². The van der Waals surface area contributed by atoms with Gasteiger partial charge >= 0.3 is 0 Å². The van der Waals surface area contributed by atoms with Crippen molar-refractivity contribution in [1.29, 1.82) is 0 Å². The molecule has 0 saturated carbocycles. The Morgan fingerprint density at radius 2 is 1.53 bits per heavy atom. The summed E-state index contributed by atoms with van der Waals surface area (Å²) in [4.78, 5) is 25.9. The molecule has 0 bridgehead atoms. The fourth-order valence-electron chi connectivity index (χ4n) is 2.94. The van der Waals surface area contributed by atoms with Gasteiger partial charge in [-0.3, -0.25) is 9.59 Å². The number of primary amides is 1. The SMILES string of the molecule is Cc1ccc(Sc2ccc(N[C@H](C)C(=O)Nc3ccc(C(N)=O)cc3)cc2)c(C)c1. The lowest BCUT2D eigenvalue weighted by molar-refractivity contribution is -0.116. The Kier molecular flexibility index (Phi) is 6.79. The van der Waals surface area contributed by atoms with Gasteiger partial charge in [0.25, 0.3) is 0 Å². The van der Waals surface area contributed by atoms with Gasteiger partial charge in [0.1, 0.15) is 6.04 Å². The second-order valence-electron chi connectivity index (χ2n) is 7.19. The van der Waals surface area contributed by atoms with E-state index in [1.165, 1.54) is 16.0 Å². The minimum absolute atomic E-state index is 0.171. The van der Waals surface area contributed by atoms with E-state index in [0.717, 1.165) is 10.6 Å². The van der Waals surface area contributed by atoms with Crippen LogP contribution in [0, 0.1) is 13.8 Å². The maximum atomic E-state index is 12.4. The molecule has 154 valence electrons. The highest BCUT2D eigenvalue weighted by Gasteiger charge is 2.13. The van der Waals surface area contributed by atoms with Crippen LogP contribution in [0.2, 0.25) is 0 Å². The van der Waals surface area contributed by atoms with Crippen molar-refractivity contribution in [3.63, 3.8) is 0 Å². The number of nitrogens with one attached hydrogen (secondary N) is 2. The molecule has 3 aromatic carbocycles. The standard InChI is InChI=1S/C24H25N3O2S/c1-15-4-13-22(16(2)14-15)30-21-11-9-19(10-12-21)26-17(3)24(29)27-20-7-5-18(6-8-20)23(25)28/h4-14,17,26H,1-3H3,(H2,25,28)(H,27,29)/t17-/m1/s1. The summed E-state index contributed by atoms with van der Waals surface area (Å²) in [5.74, 6) is -0.669. The fraction of sp³-hybridized carbons (Fsp3) is 0.167. The summed E-state index contributed by atoms with van der Waals surface area (Å²) in [6.07, 6.45) is 0. The van der Waals surface area contributed by atoms with Gasteiger partial charge in [0.15, 0.2) is 0 Å². The molecule has 0 saturated heterocycles. The first-order valence-electron chi connectivity index (χ1n) is 9.64. The first-order chi connectivity index (χ1) is 14.3. The molecule has 5 nitrogen and oxygen atoms in total. The number of hydrogen-bond donors (Lipinski definition) is 3. The van der Waals surface area contributed by atoms with Crippen LogP contribution < -0.4 is 16.4 Å². The summed E-state index contributed by atoms with van der Waals surface area (Å²) in [5.41, 5.74) is 9.62. The van der Waals surface area contributed by atoms with E-state index in [1.807, 2.05) is 24.3 Å². The third kappa shape index (κ3) is 5.64. The van der Waals surface area contributed by atoms with E-state index in [9.17, 15) is 9.59 Å². The Morgan fingerprint density at radius 3 is 2.13 bits per heavy atom. The number of hydrogen-bond acceptors (Lipinski definition) is 4. The molecule has 1 atom stereocenters. The predicted molar refractivity (Wildman–Crippen MR) is 123 cm³/mol. The summed E-state index contributed by atoms with van der Waals surface area (Å²) in [6.45, 7) is 6.01.